The number of hydrogen-bond acceptors (Lipinski definition) is 4. The van der Waals surface area contributed by atoms with Crippen molar-refractivity contribution in [2.24, 2.45) is 0 Å². The Kier molecular flexibility index (Phi) is 3.80. The number of benzene rings is 1. The molecule has 0 fully saturated rings. The van der Waals surface area contributed by atoms with Gasteiger partial charge in [0.25, 0.3) is 0 Å². The van der Waals surface area contributed by atoms with Crippen molar-refractivity contribution in [3.8, 4) is 5.88 Å². The van der Waals surface area contributed by atoms with Gasteiger partial charge in [0.2, 0.25) is 5.88 Å². The Hall–Kier alpha value is -2.50. The molecule has 1 heterocycles. The van der Waals surface area contributed by atoms with Gasteiger partial charge >= 0.3 is 6.09 Å². The average molecular weight is 247 g/mol. The van der Waals surface area contributed by atoms with Crippen LogP contribution in [-0.2, 0) is 11.3 Å². The van der Waals surface area contributed by atoms with E-state index in [2.05, 4.69) is 20.3 Å². The first-order valence-electron chi connectivity index (χ1n) is 5.34. The van der Waals surface area contributed by atoms with E-state index in [4.69, 9.17) is 4.74 Å². The molecule has 0 aliphatic rings. The molecule has 0 bridgehead atoms. The summed E-state index contributed by atoms with van der Waals surface area (Å²) in [5.74, 6) is 0.572. The van der Waals surface area contributed by atoms with Crippen LogP contribution in [0.15, 0.2) is 36.5 Å². The van der Waals surface area contributed by atoms with Gasteiger partial charge in [-0.1, -0.05) is 18.2 Å². The van der Waals surface area contributed by atoms with Crippen LogP contribution in [0.5, 0.6) is 5.88 Å². The van der Waals surface area contributed by atoms with Crippen molar-refractivity contribution in [2.45, 2.75) is 6.61 Å². The number of anilines is 1. The monoisotopic (exact) mass is 247 g/mol. The molecular formula is C12H13N3O3. The third-order valence-corrected chi connectivity index (χ3v) is 2.30. The Morgan fingerprint density at radius 2 is 2.22 bits per heavy atom. The van der Waals surface area contributed by atoms with E-state index in [0.717, 1.165) is 5.56 Å². The molecule has 1 aromatic heterocycles. The molecule has 0 radical (unpaired) electrons. The van der Waals surface area contributed by atoms with E-state index in [1.54, 1.807) is 18.3 Å². The summed E-state index contributed by atoms with van der Waals surface area (Å²) < 4.78 is 10.0. The van der Waals surface area contributed by atoms with Crippen LogP contribution in [0.4, 0.5) is 10.5 Å². The van der Waals surface area contributed by atoms with Crippen molar-refractivity contribution in [3.63, 3.8) is 0 Å². The van der Waals surface area contributed by atoms with E-state index in [1.165, 1.54) is 7.11 Å². The zero-order valence-electron chi connectivity index (χ0n) is 9.84. The van der Waals surface area contributed by atoms with Crippen LogP contribution in [0.1, 0.15) is 5.56 Å². The topological polar surface area (TPSA) is 76.2 Å². The Bertz CT molecular complexity index is 511. The molecule has 0 aliphatic heterocycles. The molecular weight excluding hydrogens is 234 g/mol. The second-order valence-corrected chi connectivity index (χ2v) is 3.48. The first kappa shape index (κ1) is 12.0. The van der Waals surface area contributed by atoms with Gasteiger partial charge in [-0.05, 0) is 6.07 Å². The van der Waals surface area contributed by atoms with E-state index in [0.29, 0.717) is 18.2 Å². The highest BCUT2D eigenvalue weighted by atomic mass is 16.5. The lowest BCUT2D eigenvalue weighted by molar-refractivity contribution is 0.187. The number of nitrogens with zero attached hydrogens (tertiary/aromatic N) is 1. The van der Waals surface area contributed by atoms with Crippen LogP contribution in [0.25, 0.3) is 0 Å². The fraction of sp³-hybridized carbons (Fsp3) is 0.167. The molecule has 2 N–H and O–H groups in total. The van der Waals surface area contributed by atoms with E-state index in [1.807, 2.05) is 18.2 Å². The third kappa shape index (κ3) is 3.00. The van der Waals surface area contributed by atoms with Crippen LogP contribution in [0.3, 0.4) is 0 Å². The molecule has 2 rings (SSSR count). The summed E-state index contributed by atoms with van der Waals surface area (Å²) in [6, 6.07) is 9.06. The summed E-state index contributed by atoms with van der Waals surface area (Å²) in [5, 5.41) is 9.10. The zero-order valence-corrected chi connectivity index (χ0v) is 9.84. The normalized spacial score (nSPS) is 9.83. The molecule has 0 aliphatic carbocycles. The maximum Gasteiger partial charge on any atom is 0.411 e. The zero-order chi connectivity index (χ0) is 12.8. The summed E-state index contributed by atoms with van der Waals surface area (Å²) >= 11 is 0. The van der Waals surface area contributed by atoms with Crippen LogP contribution >= 0.6 is 0 Å². The number of H-pyrrole nitrogens is 1. The molecule has 0 unspecified atom stereocenters. The number of nitrogens with one attached hydrogen (secondary N) is 2. The van der Waals surface area contributed by atoms with Gasteiger partial charge in [-0.2, -0.15) is 5.10 Å². The van der Waals surface area contributed by atoms with E-state index < -0.39 is 6.09 Å². The lowest BCUT2D eigenvalue weighted by Gasteiger charge is -2.10. The van der Waals surface area contributed by atoms with Crippen LogP contribution in [0.2, 0.25) is 0 Å². The van der Waals surface area contributed by atoms with Gasteiger partial charge in [-0.3, -0.25) is 5.32 Å². The molecule has 0 saturated heterocycles. The van der Waals surface area contributed by atoms with Gasteiger partial charge in [0.15, 0.2) is 0 Å². The molecule has 18 heavy (non-hydrogen) atoms. The first-order valence-corrected chi connectivity index (χ1v) is 5.34. The highest BCUT2D eigenvalue weighted by Crippen LogP contribution is 2.17. The van der Waals surface area contributed by atoms with E-state index in [9.17, 15) is 4.79 Å². The Labute approximate surface area is 104 Å². The number of hydrogen-bond donors (Lipinski definition) is 2. The number of carbonyl (C=O) groups excluding carboxylic acids is 1. The largest absolute Gasteiger partial charge is 0.473 e. The number of aromatic amines is 1. The first-order chi connectivity index (χ1) is 8.79. The minimum Gasteiger partial charge on any atom is -0.473 e. The number of carbonyl (C=O) groups is 1. The van der Waals surface area contributed by atoms with Crippen LogP contribution < -0.4 is 10.1 Å². The Morgan fingerprint density at radius 1 is 1.39 bits per heavy atom. The van der Waals surface area contributed by atoms with Crippen LogP contribution in [0, 0.1) is 0 Å². The lowest BCUT2D eigenvalue weighted by atomic mass is 10.2. The van der Waals surface area contributed by atoms with Gasteiger partial charge in [-0.25, -0.2) is 9.89 Å². The molecule has 1 aromatic carbocycles. The fourth-order valence-electron chi connectivity index (χ4n) is 1.41. The van der Waals surface area contributed by atoms with Crippen molar-refractivity contribution in [2.75, 3.05) is 12.4 Å². The molecule has 0 saturated carbocycles. The molecule has 0 atom stereocenters. The van der Waals surface area contributed by atoms with E-state index >= 15 is 0 Å². The number of para-hydroxylation sites is 1. The average Bonchev–Trinajstić information content (AvgIpc) is 2.91. The minimum absolute atomic E-state index is 0.322. The SMILES string of the molecule is COC(=O)Nc1ccccc1COc1ccn[nH]1. The number of ether oxygens (including phenoxy) is 2. The van der Waals surface area contributed by atoms with Gasteiger partial charge in [-0.15, -0.1) is 0 Å². The summed E-state index contributed by atoms with van der Waals surface area (Å²) in [7, 11) is 1.32. The summed E-state index contributed by atoms with van der Waals surface area (Å²) in [6.07, 6.45) is 1.09. The number of methoxy groups -OCH3 is 1. The summed E-state index contributed by atoms with van der Waals surface area (Å²) in [4.78, 5) is 11.2. The highest BCUT2D eigenvalue weighted by molar-refractivity contribution is 5.85. The van der Waals surface area contributed by atoms with Crippen molar-refractivity contribution in [3.05, 3.63) is 42.1 Å². The maximum absolute atomic E-state index is 11.2. The van der Waals surface area contributed by atoms with Crippen molar-refractivity contribution in [1.82, 2.24) is 10.2 Å². The predicted octanol–water partition coefficient (Wildman–Crippen LogP) is 2.17. The van der Waals surface area contributed by atoms with Crippen LogP contribution in [-0.4, -0.2) is 23.4 Å². The Morgan fingerprint density at radius 3 is 2.94 bits per heavy atom. The second kappa shape index (κ2) is 5.72. The highest BCUT2D eigenvalue weighted by Gasteiger charge is 2.06. The quantitative estimate of drug-likeness (QED) is 0.868. The molecule has 6 heteroatoms. The molecule has 6 nitrogen and oxygen atoms in total. The Balaban J connectivity index is 2.05. The summed E-state index contributed by atoms with van der Waals surface area (Å²) in [5.41, 5.74) is 1.50. The van der Waals surface area contributed by atoms with Crippen molar-refractivity contribution < 1.29 is 14.3 Å². The second-order valence-electron chi connectivity index (χ2n) is 3.48. The van der Waals surface area contributed by atoms with Crippen molar-refractivity contribution in [1.29, 1.82) is 0 Å². The number of amides is 1. The fourth-order valence-corrected chi connectivity index (χ4v) is 1.41. The molecule has 2 aromatic rings. The minimum atomic E-state index is -0.510. The van der Waals surface area contributed by atoms with Gasteiger partial charge in [0.05, 0.1) is 19.0 Å². The third-order valence-electron chi connectivity index (χ3n) is 2.30. The van der Waals surface area contributed by atoms with Gasteiger partial charge in [0.1, 0.15) is 6.61 Å². The summed E-state index contributed by atoms with van der Waals surface area (Å²) in [6.45, 7) is 0.322. The molecule has 94 valence electrons. The van der Waals surface area contributed by atoms with Gasteiger partial charge < -0.3 is 9.47 Å². The predicted molar refractivity (Wildman–Crippen MR) is 65.4 cm³/mol. The van der Waals surface area contributed by atoms with Crippen molar-refractivity contribution >= 4 is 11.8 Å². The lowest BCUT2D eigenvalue weighted by Crippen LogP contribution is -2.13. The van der Waals surface area contributed by atoms with Gasteiger partial charge in [0, 0.05) is 11.6 Å². The smallest absolute Gasteiger partial charge is 0.411 e. The number of aromatic nitrogens is 2. The standard InChI is InChI=1S/C12H13N3O3/c1-17-12(16)14-10-5-3-2-4-9(10)8-18-11-6-7-13-15-11/h2-7H,8H2,1H3,(H,13,15)(H,14,16). The number of rotatable bonds is 4. The van der Waals surface area contributed by atoms with E-state index in [-0.39, 0.29) is 0 Å². The molecule has 1 amide bonds. The molecule has 0 spiro atoms. The maximum atomic E-state index is 11.2.